The van der Waals surface area contributed by atoms with Crippen LogP contribution < -0.4 is 5.32 Å². The van der Waals surface area contributed by atoms with Gasteiger partial charge in [0.05, 0.1) is 21.1 Å². The van der Waals surface area contributed by atoms with E-state index in [2.05, 4.69) is 17.2 Å². The molecule has 0 bridgehead atoms. The van der Waals surface area contributed by atoms with Crippen LogP contribution in [0.4, 0.5) is 5.13 Å². The molecule has 138 valence electrons. The maximum Gasteiger partial charge on any atom is 0.252 e. The van der Waals surface area contributed by atoms with E-state index in [0.717, 1.165) is 32.3 Å². The number of anilines is 1. The number of aryl methyl sites for hydroxylation is 1. The first-order valence-electron chi connectivity index (χ1n) is 7.70. The maximum atomic E-state index is 12.4. The van der Waals surface area contributed by atoms with Crippen LogP contribution in [0.15, 0.2) is 34.5 Å². The molecule has 2 heterocycles. The van der Waals surface area contributed by atoms with Crippen LogP contribution in [0.1, 0.15) is 12.5 Å². The van der Waals surface area contributed by atoms with E-state index >= 15 is 0 Å². The largest absolute Gasteiger partial charge is 0.301 e. The molecule has 10 heteroatoms. The van der Waals surface area contributed by atoms with E-state index < -0.39 is 15.9 Å². The van der Waals surface area contributed by atoms with E-state index in [1.807, 2.05) is 18.2 Å². The summed E-state index contributed by atoms with van der Waals surface area (Å²) in [6.07, 6.45) is 0.922. The van der Waals surface area contributed by atoms with Gasteiger partial charge in [-0.3, -0.25) is 4.79 Å². The van der Waals surface area contributed by atoms with Crippen LogP contribution in [-0.4, -0.2) is 37.2 Å². The number of nitrogens with one attached hydrogen (secondary N) is 1. The molecule has 0 saturated heterocycles. The van der Waals surface area contributed by atoms with Gasteiger partial charge in [-0.1, -0.05) is 35.9 Å². The molecule has 1 amide bonds. The molecule has 0 aliphatic heterocycles. The van der Waals surface area contributed by atoms with Crippen LogP contribution in [0, 0.1) is 0 Å². The number of rotatable bonds is 6. The third-order valence-corrected chi connectivity index (χ3v) is 8.12. The van der Waals surface area contributed by atoms with Crippen molar-refractivity contribution in [3.8, 4) is 0 Å². The predicted molar refractivity (Wildman–Crippen MR) is 107 cm³/mol. The Bertz CT molecular complexity index is 1060. The number of hydrogen-bond acceptors (Lipinski definition) is 6. The molecule has 1 N–H and O–H groups in total. The van der Waals surface area contributed by atoms with E-state index in [9.17, 15) is 13.2 Å². The summed E-state index contributed by atoms with van der Waals surface area (Å²) < 4.78 is 27.3. The Kier molecular flexibility index (Phi) is 5.64. The number of aromatic nitrogens is 1. The van der Waals surface area contributed by atoms with Crippen molar-refractivity contribution in [3.63, 3.8) is 0 Å². The third-order valence-electron chi connectivity index (χ3n) is 3.69. The normalized spacial score (nSPS) is 12.0. The number of nitrogens with zero attached hydrogens (tertiary/aromatic N) is 2. The summed E-state index contributed by atoms with van der Waals surface area (Å²) in [5.41, 5.74) is 2.00. The lowest BCUT2D eigenvalue weighted by atomic mass is 10.2. The average molecular weight is 430 g/mol. The number of thiazole rings is 1. The molecular weight excluding hydrogens is 414 g/mol. The van der Waals surface area contributed by atoms with Crippen LogP contribution in [0.2, 0.25) is 4.34 Å². The van der Waals surface area contributed by atoms with Crippen LogP contribution in [0.3, 0.4) is 0 Å². The number of sulfonamides is 1. The lowest BCUT2D eigenvalue weighted by Crippen LogP contribution is -2.34. The summed E-state index contributed by atoms with van der Waals surface area (Å²) in [5.74, 6) is -0.450. The monoisotopic (exact) mass is 429 g/mol. The number of benzene rings is 1. The number of fused-ring (bicyclic) bond motifs is 1. The number of amides is 1. The molecule has 2 aromatic heterocycles. The summed E-state index contributed by atoms with van der Waals surface area (Å²) in [7, 11) is -2.39. The van der Waals surface area contributed by atoms with Gasteiger partial charge >= 0.3 is 0 Å². The number of carbonyl (C=O) groups excluding carboxylic acids is 1. The molecule has 3 rings (SSSR count). The van der Waals surface area contributed by atoms with E-state index in [0.29, 0.717) is 9.47 Å². The molecule has 0 spiro atoms. The van der Waals surface area contributed by atoms with Gasteiger partial charge in [0.1, 0.15) is 4.21 Å². The summed E-state index contributed by atoms with van der Waals surface area (Å²) >= 11 is 8.11. The molecule has 0 fully saturated rings. The number of halogens is 1. The Morgan fingerprint density at radius 2 is 2.04 bits per heavy atom. The Balaban J connectivity index is 1.70. The minimum Gasteiger partial charge on any atom is -0.301 e. The zero-order valence-corrected chi connectivity index (χ0v) is 17.2. The van der Waals surface area contributed by atoms with Crippen molar-refractivity contribution in [1.29, 1.82) is 0 Å². The van der Waals surface area contributed by atoms with Crippen molar-refractivity contribution in [1.82, 2.24) is 9.29 Å². The highest BCUT2D eigenvalue weighted by molar-refractivity contribution is 7.91. The van der Waals surface area contributed by atoms with Crippen LogP contribution in [-0.2, 0) is 21.2 Å². The van der Waals surface area contributed by atoms with Crippen molar-refractivity contribution in [2.45, 2.75) is 17.6 Å². The topological polar surface area (TPSA) is 79.4 Å². The highest BCUT2D eigenvalue weighted by atomic mass is 35.5. The van der Waals surface area contributed by atoms with Gasteiger partial charge in [0, 0.05) is 7.05 Å². The zero-order valence-electron chi connectivity index (χ0n) is 14.0. The van der Waals surface area contributed by atoms with E-state index in [-0.39, 0.29) is 10.8 Å². The van der Waals surface area contributed by atoms with Crippen LogP contribution >= 0.6 is 34.3 Å². The second-order valence-electron chi connectivity index (χ2n) is 5.54. The van der Waals surface area contributed by atoms with Crippen molar-refractivity contribution in [3.05, 3.63) is 40.2 Å². The minimum absolute atomic E-state index is 0.102. The van der Waals surface area contributed by atoms with Crippen molar-refractivity contribution in [2.24, 2.45) is 0 Å². The Hall–Kier alpha value is -1.52. The molecule has 0 aliphatic carbocycles. The standard InChI is InChI=1S/C16H16ClN3O3S3/c1-3-10-4-5-11-12(8-10)24-16(18-11)19-14(21)9-20(2)26(22,23)15-7-6-13(17)25-15/h4-8H,3,9H2,1-2H3,(H,18,19,21). The maximum absolute atomic E-state index is 12.4. The molecule has 0 saturated carbocycles. The molecule has 0 aliphatic rings. The van der Waals surface area contributed by atoms with Gasteiger partial charge in [0.2, 0.25) is 5.91 Å². The molecule has 0 radical (unpaired) electrons. The highest BCUT2D eigenvalue weighted by Gasteiger charge is 2.25. The van der Waals surface area contributed by atoms with Crippen molar-refractivity contribution >= 4 is 65.6 Å². The minimum atomic E-state index is -3.75. The number of carbonyl (C=O) groups is 1. The van der Waals surface area contributed by atoms with Crippen LogP contribution in [0.5, 0.6) is 0 Å². The number of hydrogen-bond donors (Lipinski definition) is 1. The zero-order chi connectivity index (χ0) is 18.9. The molecule has 0 atom stereocenters. The molecule has 6 nitrogen and oxygen atoms in total. The van der Waals surface area contributed by atoms with Crippen molar-refractivity contribution < 1.29 is 13.2 Å². The second kappa shape index (κ2) is 7.61. The summed E-state index contributed by atoms with van der Waals surface area (Å²) in [4.78, 5) is 16.6. The fraction of sp³-hybridized carbons (Fsp3) is 0.250. The average Bonchev–Trinajstić information content (AvgIpc) is 3.19. The first-order valence-corrected chi connectivity index (χ1v) is 11.2. The van der Waals surface area contributed by atoms with Gasteiger partial charge in [0.15, 0.2) is 5.13 Å². The summed E-state index contributed by atoms with van der Waals surface area (Å²) in [6.45, 7) is 1.76. The smallest absolute Gasteiger partial charge is 0.252 e. The van der Waals surface area contributed by atoms with Gasteiger partial charge in [-0.2, -0.15) is 4.31 Å². The second-order valence-corrected chi connectivity index (χ2v) is 10.6. The Morgan fingerprint density at radius 1 is 1.27 bits per heavy atom. The van der Waals surface area contributed by atoms with Gasteiger partial charge in [-0.25, -0.2) is 13.4 Å². The van der Waals surface area contributed by atoms with Gasteiger partial charge in [-0.15, -0.1) is 11.3 Å². The molecule has 1 aromatic carbocycles. The molecule has 0 unspecified atom stereocenters. The van der Waals surface area contributed by atoms with E-state index in [1.54, 1.807) is 0 Å². The first-order chi connectivity index (χ1) is 12.3. The van der Waals surface area contributed by atoms with Crippen molar-refractivity contribution in [2.75, 3.05) is 18.9 Å². The molecular formula is C16H16ClN3O3S3. The van der Waals surface area contributed by atoms with Gasteiger partial charge in [0.25, 0.3) is 10.0 Å². The Morgan fingerprint density at radius 3 is 2.69 bits per heavy atom. The predicted octanol–water partition coefficient (Wildman–Crippen LogP) is 3.83. The summed E-state index contributed by atoms with van der Waals surface area (Å²) in [6, 6.07) is 8.89. The SMILES string of the molecule is CCc1ccc2nc(NC(=O)CN(C)S(=O)(=O)c3ccc(Cl)s3)sc2c1. The third kappa shape index (κ3) is 4.07. The van der Waals surface area contributed by atoms with Crippen LogP contribution in [0.25, 0.3) is 10.2 Å². The molecule has 26 heavy (non-hydrogen) atoms. The van der Waals surface area contributed by atoms with E-state index in [1.165, 1.54) is 36.1 Å². The highest BCUT2D eigenvalue weighted by Crippen LogP contribution is 2.28. The number of likely N-dealkylation sites (N-methyl/N-ethyl adjacent to an activating group) is 1. The fourth-order valence-electron chi connectivity index (χ4n) is 2.28. The lowest BCUT2D eigenvalue weighted by Gasteiger charge is -2.14. The van der Waals surface area contributed by atoms with Gasteiger partial charge in [-0.05, 0) is 36.2 Å². The lowest BCUT2D eigenvalue weighted by molar-refractivity contribution is -0.116. The number of thiophene rings is 1. The molecule has 3 aromatic rings. The van der Waals surface area contributed by atoms with Gasteiger partial charge < -0.3 is 5.32 Å². The van der Waals surface area contributed by atoms with E-state index in [4.69, 9.17) is 11.6 Å². The fourth-order valence-corrected chi connectivity index (χ4v) is 6.04. The quantitative estimate of drug-likeness (QED) is 0.645. The first kappa shape index (κ1) is 19.2. The summed E-state index contributed by atoms with van der Waals surface area (Å²) in [5, 5.41) is 3.12. The Labute approximate surface area is 164 Å².